The highest BCUT2D eigenvalue weighted by Crippen LogP contribution is 2.19. The molecule has 0 bridgehead atoms. The molecule has 0 N–H and O–H groups in total. The molecule has 0 unspecified atom stereocenters. The van der Waals surface area contributed by atoms with Gasteiger partial charge in [0.15, 0.2) is 0 Å². The van der Waals surface area contributed by atoms with E-state index in [9.17, 15) is 0 Å². The van der Waals surface area contributed by atoms with Crippen LogP contribution in [0.1, 0.15) is 12.0 Å². The Morgan fingerprint density at radius 1 is 1.11 bits per heavy atom. The Labute approximate surface area is 114 Å². The summed E-state index contributed by atoms with van der Waals surface area (Å²) < 4.78 is 5.59. The maximum atomic E-state index is 5.59. The van der Waals surface area contributed by atoms with Crippen molar-refractivity contribution in [1.82, 2.24) is 14.9 Å². The topological polar surface area (TPSA) is 38.2 Å². The number of aromatic nitrogens is 2. The van der Waals surface area contributed by atoms with Crippen LogP contribution in [0.5, 0.6) is 11.6 Å². The van der Waals surface area contributed by atoms with Crippen LogP contribution in [0.25, 0.3) is 0 Å². The molecule has 0 saturated carbocycles. The summed E-state index contributed by atoms with van der Waals surface area (Å²) in [5, 5.41) is 0. The fourth-order valence-electron chi connectivity index (χ4n) is 1.78. The summed E-state index contributed by atoms with van der Waals surface area (Å²) in [5.41, 5.74) is 1.33. The SMILES string of the molecule is CN(C)CCCc1ccc(Oc2cnccn2)cc1. The van der Waals surface area contributed by atoms with Gasteiger partial charge >= 0.3 is 0 Å². The normalized spacial score (nSPS) is 10.7. The highest BCUT2D eigenvalue weighted by molar-refractivity contribution is 5.29. The molecule has 4 nitrogen and oxygen atoms in total. The summed E-state index contributed by atoms with van der Waals surface area (Å²) >= 11 is 0. The van der Waals surface area contributed by atoms with Crippen LogP contribution in [-0.4, -0.2) is 35.5 Å². The van der Waals surface area contributed by atoms with Crippen molar-refractivity contribution in [1.29, 1.82) is 0 Å². The van der Waals surface area contributed by atoms with Crippen molar-refractivity contribution in [3.8, 4) is 11.6 Å². The molecule has 1 aromatic carbocycles. The van der Waals surface area contributed by atoms with Gasteiger partial charge in [-0.15, -0.1) is 0 Å². The van der Waals surface area contributed by atoms with Crippen molar-refractivity contribution in [2.24, 2.45) is 0 Å². The van der Waals surface area contributed by atoms with Gasteiger partial charge in [-0.25, -0.2) is 4.98 Å². The zero-order valence-electron chi connectivity index (χ0n) is 11.4. The van der Waals surface area contributed by atoms with E-state index in [-0.39, 0.29) is 0 Å². The third-order valence-corrected chi connectivity index (χ3v) is 2.76. The molecular weight excluding hydrogens is 238 g/mol. The van der Waals surface area contributed by atoms with Crippen LogP contribution in [0, 0.1) is 0 Å². The largest absolute Gasteiger partial charge is 0.438 e. The smallest absolute Gasteiger partial charge is 0.237 e. The standard InChI is InChI=1S/C15H19N3O/c1-18(2)11-3-4-13-5-7-14(8-6-13)19-15-12-16-9-10-17-15/h5-10,12H,3-4,11H2,1-2H3. The van der Waals surface area contributed by atoms with E-state index in [1.807, 2.05) is 12.1 Å². The number of hydrogen-bond donors (Lipinski definition) is 0. The third-order valence-electron chi connectivity index (χ3n) is 2.76. The fraction of sp³-hybridized carbons (Fsp3) is 0.333. The lowest BCUT2D eigenvalue weighted by Gasteiger charge is -2.09. The number of rotatable bonds is 6. The second-order valence-corrected chi connectivity index (χ2v) is 4.70. The molecule has 1 aromatic heterocycles. The van der Waals surface area contributed by atoms with E-state index in [0.717, 1.165) is 25.1 Å². The van der Waals surface area contributed by atoms with Gasteiger partial charge in [-0.05, 0) is 51.2 Å². The molecular formula is C15H19N3O. The van der Waals surface area contributed by atoms with Crippen molar-refractivity contribution in [2.45, 2.75) is 12.8 Å². The predicted molar refractivity (Wildman–Crippen MR) is 75.4 cm³/mol. The predicted octanol–water partition coefficient (Wildman–Crippen LogP) is 2.76. The average molecular weight is 257 g/mol. The minimum absolute atomic E-state index is 0.517. The summed E-state index contributed by atoms with van der Waals surface area (Å²) in [6.07, 6.45) is 7.09. The van der Waals surface area contributed by atoms with Crippen molar-refractivity contribution in [3.05, 3.63) is 48.4 Å². The molecule has 0 aliphatic heterocycles. The number of benzene rings is 1. The summed E-state index contributed by atoms with van der Waals surface area (Å²) in [6.45, 7) is 1.11. The maximum absolute atomic E-state index is 5.59. The van der Waals surface area contributed by atoms with Crippen LogP contribution < -0.4 is 4.74 Å². The summed E-state index contributed by atoms with van der Waals surface area (Å²) in [7, 11) is 4.19. The first-order valence-electron chi connectivity index (χ1n) is 6.41. The first-order chi connectivity index (χ1) is 9.24. The van der Waals surface area contributed by atoms with Crippen LogP contribution in [0.3, 0.4) is 0 Å². The van der Waals surface area contributed by atoms with Gasteiger partial charge in [0.25, 0.3) is 0 Å². The quantitative estimate of drug-likeness (QED) is 0.797. The molecule has 0 radical (unpaired) electrons. The molecule has 4 heteroatoms. The lowest BCUT2D eigenvalue weighted by atomic mass is 10.1. The van der Waals surface area contributed by atoms with Crippen LogP contribution in [0.4, 0.5) is 0 Å². The minimum atomic E-state index is 0.517. The Hall–Kier alpha value is -1.94. The van der Waals surface area contributed by atoms with E-state index in [1.54, 1.807) is 18.6 Å². The van der Waals surface area contributed by atoms with E-state index in [4.69, 9.17) is 4.74 Å². The van der Waals surface area contributed by atoms with Gasteiger partial charge in [-0.2, -0.15) is 0 Å². The Bertz CT molecular complexity index is 483. The third kappa shape index (κ3) is 4.67. The Morgan fingerprint density at radius 3 is 2.53 bits per heavy atom. The molecule has 0 fully saturated rings. The van der Waals surface area contributed by atoms with Gasteiger partial charge in [0, 0.05) is 12.4 Å². The summed E-state index contributed by atoms with van der Waals surface area (Å²) in [6, 6.07) is 8.14. The second-order valence-electron chi connectivity index (χ2n) is 4.70. The van der Waals surface area contributed by atoms with Crippen LogP contribution >= 0.6 is 0 Å². The zero-order valence-corrected chi connectivity index (χ0v) is 11.4. The Kier molecular flexibility index (Phi) is 4.86. The fourth-order valence-corrected chi connectivity index (χ4v) is 1.78. The summed E-state index contributed by atoms with van der Waals surface area (Å²) in [5.74, 6) is 1.31. The van der Waals surface area contributed by atoms with Gasteiger partial charge in [-0.1, -0.05) is 12.1 Å². The Morgan fingerprint density at radius 2 is 1.89 bits per heavy atom. The molecule has 0 saturated heterocycles. The lowest BCUT2D eigenvalue weighted by molar-refractivity contribution is 0.400. The molecule has 0 amide bonds. The molecule has 2 rings (SSSR count). The number of aryl methyl sites for hydroxylation is 1. The van der Waals surface area contributed by atoms with Gasteiger partial charge in [-0.3, -0.25) is 4.98 Å². The highest BCUT2D eigenvalue weighted by Gasteiger charge is 1.99. The zero-order chi connectivity index (χ0) is 13.5. The highest BCUT2D eigenvalue weighted by atomic mass is 16.5. The van der Waals surface area contributed by atoms with E-state index < -0.39 is 0 Å². The maximum Gasteiger partial charge on any atom is 0.237 e. The van der Waals surface area contributed by atoms with Gasteiger partial charge in [0.1, 0.15) is 5.75 Å². The van der Waals surface area contributed by atoms with E-state index >= 15 is 0 Å². The molecule has 1 heterocycles. The van der Waals surface area contributed by atoms with Crippen LogP contribution in [-0.2, 0) is 6.42 Å². The van der Waals surface area contributed by atoms with Gasteiger partial charge in [0.2, 0.25) is 5.88 Å². The van der Waals surface area contributed by atoms with Crippen molar-refractivity contribution in [2.75, 3.05) is 20.6 Å². The number of ether oxygens (including phenoxy) is 1. The molecule has 19 heavy (non-hydrogen) atoms. The number of nitrogens with zero attached hydrogens (tertiary/aromatic N) is 3. The van der Waals surface area contributed by atoms with Crippen LogP contribution in [0.2, 0.25) is 0 Å². The second kappa shape index (κ2) is 6.85. The van der Waals surface area contributed by atoms with E-state index in [1.165, 1.54) is 5.56 Å². The van der Waals surface area contributed by atoms with Crippen molar-refractivity contribution < 1.29 is 4.74 Å². The molecule has 0 aliphatic rings. The van der Waals surface area contributed by atoms with Gasteiger partial charge in [0.05, 0.1) is 6.20 Å². The average Bonchev–Trinajstić information content (AvgIpc) is 2.42. The first kappa shape index (κ1) is 13.5. The summed E-state index contributed by atoms with van der Waals surface area (Å²) in [4.78, 5) is 10.2. The molecule has 2 aromatic rings. The monoisotopic (exact) mass is 257 g/mol. The van der Waals surface area contributed by atoms with Gasteiger partial charge < -0.3 is 9.64 Å². The van der Waals surface area contributed by atoms with Crippen molar-refractivity contribution in [3.63, 3.8) is 0 Å². The minimum Gasteiger partial charge on any atom is -0.438 e. The molecule has 0 aliphatic carbocycles. The lowest BCUT2D eigenvalue weighted by Crippen LogP contribution is -2.13. The van der Waals surface area contributed by atoms with E-state index in [0.29, 0.717) is 5.88 Å². The first-order valence-corrected chi connectivity index (χ1v) is 6.41. The Balaban J connectivity index is 1.88. The molecule has 0 atom stereocenters. The van der Waals surface area contributed by atoms with Crippen molar-refractivity contribution >= 4 is 0 Å². The number of hydrogen-bond acceptors (Lipinski definition) is 4. The molecule has 0 spiro atoms. The molecule has 100 valence electrons. The van der Waals surface area contributed by atoms with Crippen LogP contribution in [0.15, 0.2) is 42.9 Å². The van der Waals surface area contributed by atoms with E-state index in [2.05, 4.69) is 41.1 Å².